The third-order valence-electron chi connectivity index (χ3n) is 2.61. The molecule has 0 radical (unpaired) electrons. The number of nitriles is 1. The molecular weight excluding hydrogens is 254 g/mol. The topological polar surface area (TPSA) is 65.4 Å². The lowest BCUT2D eigenvalue weighted by Crippen LogP contribution is -2.50. The Labute approximate surface area is 123 Å². The Morgan fingerprint density at radius 1 is 1.30 bits per heavy atom. The summed E-state index contributed by atoms with van der Waals surface area (Å²) >= 11 is 0. The number of ether oxygens (including phenoxy) is 1. The van der Waals surface area contributed by atoms with Crippen LogP contribution in [-0.2, 0) is 4.74 Å². The molecule has 0 aromatic heterocycles. The van der Waals surface area contributed by atoms with Crippen LogP contribution in [0.5, 0.6) is 0 Å². The second-order valence-corrected chi connectivity index (χ2v) is 7.04. The Kier molecular flexibility index (Phi) is 7.01. The van der Waals surface area contributed by atoms with Crippen molar-refractivity contribution >= 4 is 6.09 Å². The van der Waals surface area contributed by atoms with Gasteiger partial charge in [0.2, 0.25) is 0 Å². The first-order chi connectivity index (χ1) is 8.97. The Hall–Kier alpha value is -1.28. The molecular formula is C15H29N3O2. The van der Waals surface area contributed by atoms with Gasteiger partial charge >= 0.3 is 6.09 Å². The lowest BCUT2D eigenvalue weighted by molar-refractivity contribution is 0.00664. The van der Waals surface area contributed by atoms with Gasteiger partial charge < -0.3 is 15.0 Å². The van der Waals surface area contributed by atoms with Gasteiger partial charge in [0.1, 0.15) is 5.60 Å². The van der Waals surface area contributed by atoms with Gasteiger partial charge in [-0.2, -0.15) is 5.26 Å². The van der Waals surface area contributed by atoms with Crippen LogP contribution >= 0.6 is 0 Å². The van der Waals surface area contributed by atoms with E-state index in [1.54, 1.807) is 4.90 Å². The highest BCUT2D eigenvalue weighted by molar-refractivity contribution is 5.69. The monoisotopic (exact) mass is 283 g/mol. The lowest BCUT2D eigenvalue weighted by atomic mass is 10.1. The first-order valence-corrected chi connectivity index (χ1v) is 7.08. The number of carbonyl (C=O) groups excluding carboxylic acids is 1. The SMILES string of the molecule is CC(C#N)CNCCN(C(=O)OC(C)(C)C)C(C)(C)C. The number of rotatable bonds is 5. The van der Waals surface area contributed by atoms with Crippen molar-refractivity contribution in [2.45, 2.75) is 59.6 Å². The molecule has 0 aromatic carbocycles. The highest BCUT2D eigenvalue weighted by Crippen LogP contribution is 2.17. The van der Waals surface area contributed by atoms with Crippen LogP contribution in [0.2, 0.25) is 0 Å². The molecule has 1 unspecified atom stereocenters. The zero-order chi connectivity index (χ0) is 16.0. The maximum absolute atomic E-state index is 12.2. The van der Waals surface area contributed by atoms with Crippen LogP contribution in [0.1, 0.15) is 48.5 Å². The predicted molar refractivity (Wildman–Crippen MR) is 80.3 cm³/mol. The molecule has 0 aromatic rings. The van der Waals surface area contributed by atoms with Gasteiger partial charge in [-0.05, 0) is 48.5 Å². The molecule has 20 heavy (non-hydrogen) atoms. The second kappa shape index (κ2) is 7.49. The molecule has 0 aliphatic carbocycles. The minimum Gasteiger partial charge on any atom is -0.444 e. The summed E-state index contributed by atoms with van der Waals surface area (Å²) in [5, 5.41) is 11.9. The zero-order valence-electron chi connectivity index (χ0n) is 13.9. The first-order valence-electron chi connectivity index (χ1n) is 7.08. The van der Waals surface area contributed by atoms with E-state index in [9.17, 15) is 4.79 Å². The highest BCUT2D eigenvalue weighted by Gasteiger charge is 2.30. The van der Waals surface area contributed by atoms with Crippen LogP contribution in [0.15, 0.2) is 0 Å². The summed E-state index contributed by atoms with van der Waals surface area (Å²) in [7, 11) is 0. The average molecular weight is 283 g/mol. The van der Waals surface area contributed by atoms with Crippen LogP contribution < -0.4 is 5.32 Å². The van der Waals surface area contributed by atoms with Crippen molar-refractivity contribution in [3.05, 3.63) is 0 Å². The van der Waals surface area contributed by atoms with Gasteiger partial charge in [0.15, 0.2) is 0 Å². The minimum atomic E-state index is -0.497. The number of nitrogens with zero attached hydrogens (tertiary/aromatic N) is 2. The molecule has 116 valence electrons. The van der Waals surface area contributed by atoms with Gasteiger partial charge in [-0.3, -0.25) is 0 Å². The predicted octanol–water partition coefficient (Wildman–Crippen LogP) is 2.77. The van der Waals surface area contributed by atoms with Gasteiger partial charge in [0.25, 0.3) is 0 Å². The smallest absolute Gasteiger partial charge is 0.410 e. The Balaban J connectivity index is 4.46. The molecule has 0 aliphatic heterocycles. The van der Waals surface area contributed by atoms with E-state index in [4.69, 9.17) is 10.00 Å². The van der Waals surface area contributed by atoms with Crippen molar-refractivity contribution in [1.29, 1.82) is 5.26 Å². The van der Waals surface area contributed by atoms with Crippen molar-refractivity contribution in [2.75, 3.05) is 19.6 Å². The summed E-state index contributed by atoms with van der Waals surface area (Å²) in [6.45, 7) is 15.2. The fourth-order valence-corrected chi connectivity index (χ4v) is 1.57. The Bertz CT molecular complexity index is 348. The molecule has 0 rings (SSSR count). The number of nitrogens with one attached hydrogen (secondary N) is 1. The summed E-state index contributed by atoms with van der Waals surface area (Å²) in [5.74, 6) is -0.0281. The quantitative estimate of drug-likeness (QED) is 0.788. The van der Waals surface area contributed by atoms with E-state index in [0.29, 0.717) is 19.6 Å². The fourth-order valence-electron chi connectivity index (χ4n) is 1.57. The Morgan fingerprint density at radius 2 is 1.85 bits per heavy atom. The van der Waals surface area contributed by atoms with E-state index in [1.165, 1.54) is 0 Å². The van der Waals surface area contributed by atoms with Gasteiger partial charge in [0.05, 0.1) is 12.0 Å². The molecule has 5 nitrogen and oxygen atoms in total. The van der Waals surface area contributed by atoms with E-state index >= 15 is 0 Å². The van der Waals surface area contributed by atoms with E-state index in [0.717, 1.165) is 0 Å². The first kappa shape index (κ1) is 18.7. The average Bonchev–Trinajstić information content (AvgIpc) is 2.23. The molecule has 0 spiro atoms. The zero-order valence-corrected chi connectivity index (χ0v) is 13.9. The molecule has 0 heterocycles. The molecule has 0 saturated carbocycles. The van der Waals surface area contributed by atoms with E-state index in [-0.39, 0.29) is 17.6 Å². The van der Waals surface area contributed by atoms with Crippen molar-refractivity contribution in [1.82, 2.24) is 10.2 Å². The number of carbonyl (C=O) groups is 1. The van der Waals surface area contributed by atoms with Crippen LogP contribution in [-0.4, -0.2) is 41.8 Å². The second-order valence-electron chi connectivity index (χ2n) is 7.04. The van der Waals surface area contributed by atoms with Gasteiger partial charge in [-0.15, -0.1) is 0 Å². The molecule has 1 amide bonds. The van der Waals surface area contributed by atoms with Crippen molar-refractivity contribution in [2.24, 2.45) is 5.92 Å². The molecule has 1 N–H and O–H groups in total. The van der Waals surface area contributed by atoms with Crippen molar-refractivity contribution in [3.63, 3.8) is 0 Å². The normalized spacial score (nSPS) is 13.5. The van der Waals surface area contributed by atoms with Crippen LogP contribution in [0, 0.1) is 17.2 Å². The minimum absolute atomic E-state index is 0.0281. The summed E-state index contributed by atoms with van der Waals surface area (Å²) in [5.41, 5.74) is -0.797. The molecule has 0 bridgehead atoms. The van der Waals surface area contributed by atoms with Crippen molar-refractivity contribution in [3.8, 4) is 6.07 Å². The fraction of sp³-hybridized carbons (Fsp3) is 0.867. The maximum Gasteiger partial charge on any atom is 0.410 e. The molecule has 0 aliphatic rings. The largest absolute Gasteiger partial charge is 0.444 e. The number of hydrogen-bond donors (Lipinski definition) is 1. The summed E-state index contributed by atoms with van der Waals surface area (Å²) in [6, 6.07) is 2.17. The standard InChI is InChI=1S/C15H29N3O2/c1-12(10-16)11-17-8-9-18(14(2,3)4)13(19)20-15(5,6)7/h12,17H,8-9,11H2,1-7H3. The molecule has 5 heteroatoms. The number of amides is 1. The Morgan fingerprint density at radius 3 is 2.25 bits per heavy atom. The third-order valence-corrected chi connectivity index (χ3v) is 2.61. The molecule has 0 saturated heterocycles. The van der Waals surface area contributed by atoms with E-state index in [1.807, 2.05) is 48.5 Å². The summed E-state index contributed by atoms with van der Waals surface area (Å²) < 4.78 is 5.43. The lowest BCUT2D eigenvalue weighted by Gasteiger charge is -2.37. The van der Waals surface area contributed by atoms with Crippen LogP contribution in [0.25, 0.3) is 0 Å². The van der Waals surface area contributed by atoms with E-state index < -0.39 is 5.60 Å². The summed E-state index contributed by atoms with van der Waals surface area (Å²) in [6.07, 6.45) is -0.305. The van der Waals surface area contributed by atoms with Gasteiger partial charge in [0, 0.05) is 25.2 Å². The highest BCUT2D eigenvalue weighted by atomic mass is 16.6. The van der Waals surface area contributed by atoms with E-state index in [2.05, 4.69) is 11.4 Å². The number of hydrogen-bond acceptors (Lipinski definition) is 4. The third kappa shape index (κ3) is 8.00. The molecule has 1 atom stereocenters. The van der Waals surface area contributed by atoms with Crippen LogP contribution in [0.3, 0.4) is 0 Å². The summed E-state index contributed by atoms with van der Waals surface area (Å²) in [4.78, 5) is 13.9. The van der Waals surface area contributed by atoms with Gasteiger partial charge in [-0.25, -0.2) is 4.79 Å². The maximum atomic E-state index is 12.2. The van der Waals surface area contributed by atoms with Gasteiger partial charge in [-0.1, -0.05) is 0 Å². The van der Waals surface area contributed by atoms with Crippen LogP contribution in [0.4, 0.5) is 4.79 Å². The van der Waals surface area contributed by atoms with Crippen molar-refractivity contribution < 1.29 is 9.53 Å². The molecule has 0 fully saturated rings.